The average Bonchev–Trinajstić information content (AvgIpc) is 2.37. The fourth-order valence-electron chi connectivity index (χ4n) is 1.95. The number of rotatable bonds is 5. The van der Waals surface area contributed by atoms with Crippen LogP contribution >= 0.6 is 0 Å². The highest BCUT2D eigenvalue weighted by molar-refractivity contribution is 5.97. The fraction of sp³-hybridized carbons (Fsp3) is 0.357. The first-order chi connectivity index (χ1) is 8.72. The molecule has 0 saturated carbocycles. The second-order valence-electron chi connectivity index (χ2n) is 4.25. The van der Waals surface area contributed by atoms with E-state index in [1.165, 1.54) is 0 Å². The summed E-state index contributed by atoms with van der Waals surface area (Å²) < 4.78 is 5.50. The fourth-order valence-corrected chi connectivity index (χ4v) is 1.95. The molecule has 2 aromatic rings. The topological polar surface area (TPSA) is 60.2 Å². The molecule has 0 spiro atoms. The molecule has 0 aliphatic heterocycles. The molecule has 96 valence electrons. The van der Waals surface area contributed by atoms with Gasteiger partial charge in [-0.3, -0.25) is 4.98 Å². The Balaban J connectivity index is 2.21. The second-order valence-corrected chi connectivity index (χ2v) is 4.25. The van der Waals surface area contributed by atoms with E-state index in [0.717, 1.165) is 29.7 Å². The maximum Gasteiger partial charge on any atom is 0.0951 e. The molecule has 3 N–H and O–H groups in total. The molecule has 18 heavy (non-hydrogen) atoms. The van der Waals surface area contributed by atoms with Crippen molar-refractivity contribution in [1.82, 2.24) is 4.98 Å². The van der Waals surface area contributed by atoms with E-state index in [0.29, 0.717) is 5.69 Å². The Morgan fingerprint density at radius 1 is 1.39 bits per heavy atom. The number of aromatic nitrogens is 1. The van der Waals surface area contributed by atoms with Gasteiger partial charge < -0.3 is 15.8 Å². The molecule has 4 nitrogen and oxygen atoms in total. The lowest BCUT2D eigenvalue weighted by molar-refractivity contribution is 0.0855. The molecule has 0 radical (unpaired) electrons. The van der Waals surface area contributed by atoms with Gasteiger partial charge in [-0.05, 0) is 26.0 Å². The lowest BCUT2D eigenvalue weighted by atomic mass is 10.1. The highest BCUT2D eigenvalue weighted by Gasteiger charge is 2.05. The van der Waals surface area contributed by atoms with E-state index in [1.807, 2.05) is 38.1 Å². The van der Waals surface area contributed by atoms with E-state index in [9.17, 15) is 0 Å². The van der Waals surface area contributed by atoms with Crippen LogP contribution in [-0.4, -0.2) is 24.2 Å². The number of hydrogen-bond donors (Lipinski definition) is 2. The first kappa shape index (κ1) is 12.6. The largest absolute Gasteiger partial charge is 0.397 e. The number of nitrogen functional groups attached to an aromatic ring is 1. The number of para-hydroxylation sites is 1. The zero-order chi connectivity index (χ0) is 13.0. The number of hydrogen-bond acceptors (Lipinski definition) is 4. The normalized spacial score (nSPS) is 12.6. The number of anilines is 2. The predicted molar refractivity (Wildman–Crippen MR) is 75.7 cm³/mol. The maximum atomic E-state index is 5.91. The lowest BCUT2D eigenvalue weighted by Crippen LogP contribution is -2.19. The Kier molecular flexibility index (Phi) is 3.99. The van der Waals surface area contributed by atoms with Crippen LogP contribution in [0.2, 0.25) is 0 Å². The average molecular weight is 245 g/mol. The molecule has 2 rings (SSSR count). The van der Waals surface area contributed by atoms with Gasteiger partial charge in [0.05, 0.1) is 17.3 Å². The van der Waals surface area contributed by atoms with Gasteiger partial charge in [0.2, 0.25) is 0 Å². The summed E-state index contributed by atoms with van der Waals surface area (Å²) in [5, 5.41) is 4.42. The molecule has 4 heteroatoms. The van der Waals surface area contributed by atoms with Crippen LogP contribution in [0.1, 0.15) is 13.8 Å². The van der Waals surface area contributed by atoms with Crippen LogP contribution in [-0.2, 0) is 4.74 Å². The Labute approximate surface area is 107 Å². The predicted octanol–water partition coefficient (Wildman–Crippen LogP) is 2.65. The van der Waals surface area contributed by atoms with Crippen molar-refractivity contribution in [3.8, 4) is 0 Å². The Hall–Kier alpha value is -1.81. The van der Waals surface area contributed by atoms with Gasteiger partial charge in [-0.1, -0.05) is 12.1 Å². The third-order valence-electron chi connectivity index (χ3n) is 2.83. The molecule has 1 aromatic heterocycles. The summed E-state index contributed by atoms with van der Waals surface area (Å²) in [6, 6.07) is 7.78. The van der Waals surface area contributed by atoms with Crippen molar-refractivity contribution >= 4 is 22.3 Å². The molecule has 1 aromatic carbocycles. The van der Waals surface area contributed by atoms with E-state index in [1.54, 1.807) is 6.20 Å². The van der Waals surface area contributed by atoms with Crippen molar-refractivity contribution in [1.29, 1.82) is 0 Å². The van der Waals surface area contributed by atoms with Gasteiger partial charge in [0.25, 0.3) is 0 Å². The van der Waals surface area contributed by atoms with Crippen LogP contribution in [0.3, 0.4) is 0 Å². The lowest BCUT2D eigenvalue weighted by Gasteiger charge is -2.15. The van der Waals surface area contributed by atoms with Crippen LogP contribution in [0.25, 0.3) is 10.9 Å². The summed E-state index contributed by atoms with van der Waals surface area (Å²) in [6.07, 6.45) is 1.95. The standard InChI is InChI=1S/C14H19N3O/c1-3-18-10(2)9-17-13-7-8-16-14-11(13)5-4-6-12(14)15/h4-8,10H,3,9,15H2,1-2H3,(H,16,17). The highest BCUT2D eigenvalue weighted by Crippen LogP contribution is 2.25. The summed E-state index contributed by atoms with van der Waals surface area (Å²) in [5.74, 6) is 0. The SMILES string of the molecule is CCOC(C)CNc1ccnc2c(N)cccc12. The van der Waals surface area contributed by atoms with Crippen LogP contribution in [0.15, 0.2) is 30.5 Å². The molecule has 1 heterocycles. The summed E-state index contributed by atoms with van der Waals surface area (Å²) in [7, 11) is 0. The minimum absolute atomic E-state index is 0.180. The molecule has 0 saturated heterocycles. The van der Waals surface area contributed by atoms with Gasteiger partial charge >= 0.3 is 0 Å². The molecular weight excluding hydrogens is 226 g/mol. The molecule has 0 aliphatic rings. The van der Waals surface area contributed by atoms with E-state index >= 15 is 0 Å². The monoisotopic (exact) mass is 245 g/mol. The van der Waals surface area contributed by atoms with Crippen LogP contribution in [0, 0.1) is 0 Å². The van der Waals surface area contributed by atoms with Gasteiger partial charge in [0.1, 0.15) is 0 Å². The van der Waals surface area contributed by atoms with Crippen LogP contribution < -0.4 is 11.1 Å². The van der Waals surface area contributed by atoms with Gasteiger partial charge in [-0.25, -0.2) is 0 Å². The molecular formula is C14H19N3O. The number of fused-ring (bicyclic) bond motifs is 1. The zero-order valence-corrected chi connectivity index (χ0v) is 10.8. The van der Waals surface area contributed by atoms with Crippen molar-refractivity contribution < 1.29 is 4.74 Å². The Morgan fingerprint density at radius 2 is 2.22 bits per heavy atom. The van der Waals surface area contributed by atoms with E-state index in [4.69, 9.17) is 10.5 Å². The van der Waals surface area contributed by atoms with Crippen molar-refractivity contribution in [3.63, 3.8) is 0 Å². The van der Waals surface area contributed by atoms with Crippen molar-refractivity contribution in [2.75, 3.05) is 24.2 Å². The third kappa shape index (κ3) is 2.71. The summed E-state index contributed by atoms with van der Waals surface area (Å²) >= 11 is 0. The van der Waals surface area contributed by atoms with Crippen molar-refractivity contribution in [2.24, 2.45) is 0 Å². The summed E-state index contributed by atoms with van der Waals surface area (Å²) in [5.41, 5.74) is 8.50. The number of nitrogens with zero attached hydrogens (tertiary/aromatic N) is 1. The van der Waals surface area contributed by atoms with E-state index < -0.39 is 0 Å². The Bertz CT molecular complexity index is 527. The van der Waals surface area contributed by atoms with Crippen molar-refractivity contribution in [2.45, 2.75) is 20.0 Å². The molecule has 0 aliphatic carbocycles. The van der Waals surface area contributed by atoms with Crippen LogP contribution in [0.5, 0.6) is 0 Å². The van der Waals surface area contributed by atoms with Crippen LogP contribution in [0.4, 0.5) is 11.4 Å². The number of nitrogens with two attached hydrogens (primary N) is 1. The van der Waals surface area contributed by atoms with E-state index in [-0.39, 0.29) is 6.10 Å². The number of pyridine rings is 1. The third-order valence-corrected chi connectivity index (χ3v) is 2.83. The Morgan fingerprint density at radius 3 is 3.00 bits per heavy atom. The highest BCUT2D eigenvalue weighted by atomic mass is 16.5. The zero-order valence-electron chi connectivity index (χ0n) is 10.8. The second kappa shape index (κ2) is 5.69. The molecule has 0 bridgehead atoms. The first-order valence-corrected chi connectivity index (χ1v) is 6.21. The maximum absolute atomic E-state index is 5.91. The summed E-state index contributed by atoms with van der Waals surface area (Å²) in [4.78, 5) is 4.31. The molecule has 1 unspecified atom stereocenters. The van der Waals surface area contributed by atoms with Gasteiger partial charge in [0, 0.05) is 30.4 Å². The smallest absolute Gasteiger partial charge is 0.0951 e. The van der Waals surface area contributed by atoms with Crippen molar-refractivity contribution in [3.05, 3.63) is 30.5 Å². The molecule has 0 amide bonds. The molecule has 0 fully saturated rings. The minimum Gasteiger partial charge on any atom is -0.397 e. The van der Waals surface area contributed by atoms with Gasteiger partial charge in [-0.15, -0.1) is 0 Å². The first-order valence-electron chi connectivity index (χ1n) is 6.21. The van der Waals surface area contributed by atoms with Gasteiger partial charge in [0.15, 0.2) is 0 Å². The quantitative estimate of drug-likeness (QED) is 0.795. The molecule has 1 atom stereocenters. The van der Waals surface area contributed by atoms with Gasteiger partial charge in [-0.2, -0.15) is 0 Å². The number of benzene rings is 1. The minimum atomic E-state index is 0.180. The van der Waals surface area contributed by atoms with E-state index in [2.05, 4.69) is 10.3 Å². The number of ether oxygens (including phenoxy) is 1. The summed E-state index contributed by atoms with van der Waals surface area (Å²) in [6.45, 7) is 5.54. The number of nitrogens with one attached hydrogen (secondary N) is 1.